The molecule has 1 heterocycles. The molecule has 5 nitrogen and oxygen atoms in total. The Balaban J connectivity index is 2.84. The highest BCUT2D eigenvalue weighted by molar-refractivity contribution is 7.13. The van der Waals surface area contributed by atoms with E-state index in [4.69, 9.17) is 10.6 Å². The average molecular weight is 198 g/mol. The smallest absolute Gasteiger partial charge is 0.259 e. The van der Waals surface area contributed by atoms with Crippen molar-refractivity contribution in [3.63, 3.8) is 0 Å². The highest BCUT2D eigenvalue weighted by Crippen LogP contribution is 2.11. The molecule has 0 atom stereocenters. The van der Waals surface area contributed by atoms with Gasteiger partial charge in [0.05, 0.1) is 0 Å². The van der Waals surface area contributed by atoms with Gasteiger partial charge in [-0.25, -0.2) is 4.98 Å². The minimum atomic E-state index is 0.0369. The van der Waals surface area contributed by atoms with Crippen LogP contribution in [0.2, 0.25) is 0 Å². The first-order chi connectivity index (χ1) is 6.27. The Kier molecular flexibility index (Phi) is 3.39. The van der Waals surface area contributed by atoms with Crippen LogP contribution in [0.1, 0.15) is 12.6 Å². The molecular weight excluding hydrogens is 190 g/mol. The van der Waals surface area contributed by atoms with E-state index >= 15 is 0 Å². The third-order valence-electron chi connectivity index (χ3n) is 1.15. The summed E-state index contributed by atoms with van der Waals surface area (Å²) in [4.78, 5) is 19.0. The molecule has 0 bridgehead atoms. The van der Waals surface area contributed by atoms with Crippen LogP contribution in [0, 0.1) is 0 Å². The molecule has 1 aromatic heterocycles. The Bertz CT molecular complexity index is 321. The average Bonchev–Trinajstić information content (AvgIpc) is 2.54. The molecular formula is C7H8N3O2S. The van der Waals surface area contributed by atoms with Crippen LogP contribution in [-0.4, -0.2) is 23.6 Å². The molecule has 0 spiro atoms. The molecule has 0 aliphatic heterocycles. The van der Waals surface area contributed by atoms with Gasteiger partial charge in [-0.15, -0.1) is 11.3 Å². The highest BCUT2D eigenvalue weighted by atomic mass is 32.1. The van der Waals surface area contributed by atoms with Gasteiger partial charge in [-0.2, -0.15) is 0 Å². The molecule has 1 aromatic rings. The maximum absolute atomic E-state index is 10.4. The standard InChI is InChI=1S/C7H8N3O2S/c1-2-12-10-5(3-11)6-4-13-7(8)9-6/h4H,2H2,1H3,(H2,8,9)/b10-5-. The van der Waals surface area contributed by atoms with Crippen molar-refractivity contribution in [2.75, 3.05) is 12.3 Å². The zero-order valence-electron chi connectivity index (χ0n) is 6.98. The normalized spacial score (nSPS) is 11.3. The van der Waals surface area contributed by atoms with Crippen molar-refractivity contribution in [3.8, 4) is 0 Å². The summed E-state index contributed by atoms with van der Waals surface area (Å²) in [5, 5.41) is 5.53. The summed E-state index contributed by atoms with van der Waals surface area (Å²) in [6.45, 7) is 2.16. The van der Waals surface area contributed by atoms with Crippen LogP contribution < -0.4 is 5.73 Å². The van der Waals surface area contributed by atoms with Crippen LogP contribution >= 0.6 is 11.3 Å². The van der Waals surface area contributed by atoms with Gasteiger partial charge < -0.3 is 10.6 Å². The van der Waals surface area contributed by atoms with Gasteiger partial charge in [-0.3, -0.25) is 4.79 Å². The number of hydrogen-bond donors (Lipinski definition) is 1. The quantitative estimate of drug-likeness (QED) is 0.567. The second-order valence-electron chi connectivity index (χ2n) is 2.03. The number of rotatable bonds is 4. The van der Waals surface area contributed by atoms with Crippen LogP contribution in [0.25, 0.3) is 0 Å². The van der Waals surface area contributed by atoms with E-state index in [0.29, 0.717) is 17.4 Å². The van der Waals surface area contributed by atoms with Crippen LogP contribution in [0.4, 0.5) is 5.13 Å². The van der Waals surface area contributed by atoms with Gasteiger partial charge in [0.1, 0.15) is 12.3 Å². The highest BCUT2D eigenvalue weighted by Gasteiger charge is 2.07. The third-order valence-corrected chi connectivity index (χ3v) is 1.82. The second-order valence-corrected chi connectivity index (χ2v) is 2.92. The molecule has 0 aliphatic carbocycles. The van der Waals surface area contributed by atoms with Crippen molar-refractivity contribution in [1.82, 2.24) is 4.98 Å². The van der Waals surface area contributed by atoms with E-state index in [2.05, 4.69) is 10.1 Å². The summed E-state index contributed by atoms with van der Waals surface area (Å²) < 4.78 is 0. The van der Waals surface area contributed by atoms with E-state index in [1.165, 1.54) is 11.3 Å². The lowest BCUT2D eigenvalue weighted by Gasteiger charge is -1.93. The number of nitrogen functional groups attached to an aromatic ring is 1. The number of aromatic nitrogens is 1. The molecule has 0 aromatic carbocycles. The number of nitrogens with zero attached hydrogens (tertiary/aromatic N) is 2. The Labute approximate surface area is 79.2 Å². The van der Waals surface area contributed by atoms with Crippen molar-refractivity contribution < 1.29 is 9.63 Å². The van der Waals surface area contributed by atoms with Gasteiger partial charge in [0.25, 0.3) is 6.29 Å². The Hall–Kier alpha value is -1.43. The maximum Gasteiger partial charge on any atom is 0.259 e. The summed E-state index contributed by atoms with van der Waals surface area (Å²) in [5.41, 5.74) is 5.81. The van der Waals surface area contributed by atoms with Gasteiger partial charge in [-0.1, -0.05) is 5.16 Å². The summed E-state index contributed by atoms with van der Waals surface area (Å²) in [6, 6.07) is 0. The number of hydrogen-bond acceptors (Lipinski definition) is 6. The molecule has 1 radical (unpaired) electrons. The minimum Gasteiger partial charge on any atom is -0.395 e. The predicted octanol–water partition coefficient (Wildman–Crippen LogP) is 0.576. The zero-order valence-corrected chi connectivity index (χ0v) is 7.80. The molecule has 0 aliphatic rings. The number of thiazole rings is 1. The predicted molar refractivity (Wildman–Crippen MR) is 50.4 cm³/mol. The minimum absolute atomic E-state index is 0.0369. The second kappa shape index (κ2) is 4.56. The number of anilines is 1. The largest absolute Gasteiger partial charge is 0.395 e. The van der Waals surface area contributed by atoms with Gasteiger partial charge in [0.15, 0.2) is 10.8 Å². The molecule has 0 saturated carbocycles. The zero-order chi connectivity index (χ0) is 9.68. The fraction of sp³-hybridized carbons (Fsp3) is 0.286. The molecule has 6 heteroatoms. The summed E-state index contributed by atoms with van der Waals surface area (Å²) in [6.07, 6.45) is 1.63. The van der Waals surface area contributed by atoms with Gasteiger partial charge in [0, 0.05) is 5.38 Å². The first kappa shape index (κ1) is 9.66. The number of carbonyl (C=O) groups excluding carboxylic acids is 1. The summed E-state index contributed by atoms with van der Waals surface area (Å²) in [7, 11) is 0. The molecule has 2 N–H and O–H groups in total. The van der Waals surface area contributed by atoms with Crippen molar-refractivity contribution in [2.24, 2.45) is 5.16 Å². The van der Waals surface area contributed by atoms with Crippen molar-refractivity contribution in [3.05, 3.63) is 11.1 Å². The van der Waals surface area contributed by atoms with Crippen molar-refractivity contribution >= 4 is 28.5 Å². The van der Waals surface area contributed by atoms with Crippen LogP contribution in [0.5, 0.6) is 0 Å². The van der Waals surface area contributed by atoms with Crippen LogP contribution in [-0.2, 0) is 9.63 Å². The lowest BCUT2D eigenvalue weighted by atomic mass is 10.3. The van der Waals surface area contributed by atoms with E-state index in [1.54, 1.807) is 18.6 Å². The lowest BCUT2D eigenvalue weighted by molar-refractivity contribution is 0.159. The molecule has 0 saturated heterocycles. The first-order valence-electron chi connectivity index (χ1n) is 3.57. The molecule has 69 valence electrons. The third kappa shape index (κ3) is 2.51. The van der Waals surface area contributed by atoms with E-state index in [1.807, 2.05) is 0 Å². The van der Waals surface area contributed by atoms with E-state index in [0.717, 1.165) is 0 Å². The van der Waals surface area contributed by atoms with Crippen LogP contribution in [0.3, 0.4) is 0 Å². The first-order valence-corrected chi connectivity index (χ1v) is 4.45. The van der Waals surface area contributed by atoms with Crippen LogP contribution in [0.15, 0.2) is 10.5 Å². The SMILES string of the molecule is CCO/N=C(/[C]=O)c1csc(N)n1. The van der Waals surface area contributed by atoms with E-state index in [-0.39, 0.29) is 5.71 Å². The lowest BCUT2D eigenvalue weighted by Crippen LogP contribution is -2.04. The fourth-order valence-corrected chi connectivity index (χ4v) is 1.19. The summed E-state index contributed by atoms with van der Waals surface area (Å²) in [5.74, 6) is 0. The van der Waals surface area contributed by atoms with Gasteiger partial charge in [0.2, 0.25) is 0 Å². The molecule has 0 fully saturated rings. The number of oxime groups is 1. The van der Waals surface area contributed by atoms with Gasteiger partial charge >= 0.3 is 0 Å². The molecule has 1 rings (SSSR count). The topological polar surface area (TPSA) is 77.6 Å². The van der Waals surface area contributed by atoms with E-state index < -0.39 is 0 Å². The molecule has 0 amide bonds. The Morgan fingerprint density at radius 2 is 2.69 bits per heavy atom. The summed E-state index contributed by atoms with van der Waals surface area (Å²) >= 11 is 1.23. The Morgan fingerprint density at radius 1 is 1.92 bits per heavy atom. The fourth-order valence-electron chi connectivity index (χ4n) is 0.643. The monoisotopic (exact) mass is 198 g/mol. The van der Waals surface area contributed by atoms with Crippen molar-refractivity contribution in [1.29, 1.82) is 0 Å². The van der Waals surface area contributed by atoms with Gasteiger partial charge in [-0.05, 0) is 6.92 Å². The van der Waals surface area contributed by atoms with E-state index in [9.17, 15) is 4.79 Å². The number of nitrogens with two attached hydrogens (primary N) is 1. The van der Waals surface area contributed by atoms with Crippen molar-refractivity contribution in [2.45, 2.75) is 6.92 Å². The molecule has 0 unspecified atom stereocenters. The molecule has 13 heavy (non-hydrogen) atoms. The maximum atomic E-state index is 10.4. The Morgan fingerprint density at radius 3 is 3.15 bits per heavy atom.